The Labute approximate surface area is 169 Å². The van der Waals surface area contributed by atoms with Gasteiger partial charge in [-0.25, -0.2) is 15.0 Å². The topological polar surface area (TPSA) is 75.9 Å². The lowest BCUT2D eigenvalue weighted by Crippen LogP contribution is -2.40. The third kappa shape index (κ3) is 3.91. The molecule has 148 valence electrons. The van der Waals surface area contributed by atoms with Crippen LogP contribution in [0, 0.1) is 5.92 Å². The van der Waals surface area contributed by atoms with Crippen LogP contribution in [0.1, 0.15) is 46.5 Å². The highest BCUT2D eigenvalue weighted by atomic mass is 16.1. The third-order valence-corrected chi connectivity index (χ3v) is 5.66. The van der Waals surface area contributed by atoms with Gasteiger partial charge in [0.2, 0.25) is 0 Å². The normalized spacial score (nSPS) is 19.0. The minimum atomic E-state index is -0.175. The summed E-state index contributed by atoms with van der Waals surface area (Å²) in [4.78, 5) is 28.1. The number of carbonyl (C=O) groups is 1. The van der Waals surface area contributed by atoms with Crippen LogP contribution in [0.5, 0.6) is 0 Å². The van der Waals surface area contributed by atoms with Crippen molar-refractivity contribution >= 4 is 5.91 Å². The summed E-state index contributed by atoms with van der Waals surface area (Å²) in [5.41, 5.74) is 2.46. The molecule has 1 saturated carbocycles. The molecule has 1 amide bonds. The molecule has 5 rings (SSSR count). The Morgan fingerprint density at radius 1 is 1.14 bits per heavy atom. The quantitative estimate of drug-likeness (QED) is 0.702. The lowest BCUT2D eigenvalue weighted by atomic mass is 10.0. The number of carbonyl (C=O) groups excluding carboxylic acids is 1. The zero-order chi connectivity index (χ0) is 19.6. The average molecular weight is 388 g/mol. The first-order chi connectivity index (χ1) is 14.3. The number of imidazole rings is 1. The highest BCUT2D eigenvalue weighted by Gasteiger charge is 2.35. The second-order valence-corrected chi connectivity index (χ2v) is 7.81. The minimum absolute atomic E-state index is 0.0916. The van der Waals surface area contributed by atoms with Gasteiger partial charge in [-0.1, -0.05) is 30.3 Å². The molecular formula is C22H24N6O. The molecule has 0 saturated heterocycles. The van der Waals surface area contributed by atoms with Crippen molar-refractivity contribution in [1.29, 1.82) is 0 Å². The summed E-state index contributed by atoms with van der Waals surface area (Å²) in [5, 5.41) is 2.91. The standard InChI is InChI=1S/C22H24N6O/c29-22(24-12-18-8-9-23-15-25-18)19-14-28-11-10-27(13-16-6-7-16)20(21(28)26-19)17-4-2-1-3-5-17/h1-5,8-9,14-16,20H,6-7,10-13H2,(H,24,29). The molecular weight excluding hydrogens is 364 g/mol. The molecule has 7 nitrogen and oxygen atoms in total. The summed E-state index contributed by atoms with van der Waals surface area (Å²) >= 11 is 0. The molecule has 29 heavy (non-hydrogen) atoms. The van der Waals surface area contributed by atoms with Gasteiger partial charge >= 0.3 is 0 Å². The van der Waals surface area contributed by atoms with E-state index in [1.807, 2.05) is 12.3 Å². The Balaban J connectivity index is 1.39. The number of rotatable bonds is 6. The molecule has 3 heterocycles. The maximum atomic E-state index is 12.7. The number of fused-ring (bicyclic) bond motifs is 1. The Hall–Kier alpha value is -3.06. The number of nitrogens with zero attached hydrogens (tertiary/aromatic N) is 5. The molecule has 2 aromatic heterocycles. The van der Waals surface area contributed by atoms with Crippen molar-refractivity contribution in [3.8, 4) is 0 Å². The van der Waals surface area contributed by atoms with Crippen LogP contribution >= 0.6 is 0 Å². The SMILES string of the molecule is O=C(NCc1ccncn1)c1cn2c(n1)C(c1ccccc1)N(CC1CC1)CC2. The smallest absolute Gasteiger partial charge is 0.271 e. The van der Waals surface area contributed by atoms with Crippen LogP contribution in [0.25, 0.3) is 0 Å². The summed E-state index contributed by atoms with van der Waals surface area (Å²) in [6.45, 7) is 3.29. The molecule has 3 aromatic rings. The molecule has 1 aliphatic carbocycles. The molecule has 1 aromatic carbocycles. The van der Waals surface area contributed by atoms with Crippen LogP contribution in [0.15, 0.2) is 55.1 Å². The fourth-order valence-electron chi connectivity index (χ4n) is 3.97. The van der Waals surface area contributed by atoms with Crippen LogP contribution in [0.2, 0.25) is 0 Å². The molecule has 7 heteroatoms. The zero-order valence-electron chi connectivity index (χ0n) is 16.2. The van der Waals surface area contributed by atoms with E-state index in [0.29, 0.717) is 12.2 Å². The number of benzene rings is 1. The van der Waals surface area contributed by atoms with Gasteiger partial charge in [-0.15, -0.1) is 0 Å². The van der Waals surface area contributed by atoms with E-state index >= 15 is 0 Å². The summed E-state index contributed by atoms with van der Waals surface area (Å²) < 4.78 is 2.14. The highest BCUT2D eigenvalue weighted by Crippen LogP contribution is 2.37. The van der Waals surface area contributed by atoms with E-state index in [1.54, 1.807) is 12.3 Å². The Kier molecular flexibility index (Phi) is 4.81. The number of aromatic nitrogens is 4. The largest absolute Gasteiger partial charge is 0.345 e. The summed E-state index contributed by atoms with van der Waals surface area (Å²) in [6.07, 6.45) is 7.68. The average Bonchev–Trinajstić information content (AvgIpc) is 3.48. The molecule has 1 fully saturated rings. The Morgan fingerprint density at radius 2 is 2.00 bits per heavy atom. The molecule has 1 N–H and O–H groups in total. The van der Waals surface area contributed by atoms with Gasteiger partial charge in [0.25, 0.3) is 5.91 Å². The van der Waals surface area contributed by atoms with Crippen molar-refractivity contribution in [1.82, 2.24) is 29.7 Å². The third-order valence-electron chi connectivity index (χ3n) is 5.66. The maximum Gasteiger partial charge on any atom is 0.271 e. The van der Waals surface area contributed by atoms with E-state index in [9.17, 15) is 4.79 Å². The van der Waals surface area contributed by atoms with E-state index in [4.69, 9.17) is 4.98 Å². The first-order valence-corrected chi connectivity index (χ1v) is 10.2. The van der Waals surface area contributed by atoms with Crippen molar-refractivity contribution in [3.05, 3.63) is 77.9 Å². The van der Waals surface area contributed by atoms with Gasteiger partial charge in [0.15, 0.2) is 0 Å². The van der Waals surface area contributed by atoms with Crippen LogP contribution in [-0.2, 0) is 13.1 Å². The number of nitrogens with one attached hydrogen (secondary N) is 1. The van der Waals surface area contributed by atoms with Crippen LogP contribution in [0.4, 0.5) is 0 Å². The summed E-state index contributed by atoms with van der Waals surface area (Å²) in [7, 11) is 0. The highest BCUT2D eigenvalue weighted by molar-refractivity contribution is 5.92. The van der Waals surface area contributed by atoms with Gasteiger partial charge in [0, 0.05) is 32.0 Å². The molecule has 1 unspecified atom stereocenters. The zero-order valence-corrected chi connectivity index (χ0v) is 16.2. The van der Waals surface area contributed by atoms with Gasteiger partial charge in [0.05, 0.1) is 18.3 Å². The molecule has 0 spiro atoms. The van der Waals surface area contributed by atoms with E-state index in [2.05, 4.69) is 49.0 Å². The molecule has 0 radical (unpaired) electrons. The number of hydrogen-bond donors (Lipinski definition) is 1. The molecule has 0 bridgehead atoms. The summed E-state index contributed by atoms with van der Waals surface area (Å²) in [5.74, 6) is 1.58. The second-order valence-electron chi connectivity index (χ2n) is 7.81. The van der Waals surface area contributed by atoms with Gasteiger partial charge in [-0.2, -0.15) is 0 Å². The van der Waals surface area contributed by atoms with E-state index in [1.165, 1.54) is 24.7 Å². The van der Waals surface area contributed by atoms with Gasteiger partial charge < -0.3 is 9.88 Å². The minimum Gasteiger partial charge on any atom is -0.345 e. The lowest BCUT2D eigenvalue weighted by Gasteiger charge is -2.36. The van der Waals surface area contributed by atoms with E-state index < -0.39 is 0 Å². The van der Waals surface area contributed by atoms with Crippen molar-refractivity contribution in [3.63, 3.8) is 0 Å². The molecule has 2 aliphatic rings. The van der Waals surface area contributed by atoms with Gasteiger partial charge in [-0.3, -0.25) is 9.69 Å². The van der Waals surface area contributed by atoms with Crippen molar-refractivity contribution < 1.29 is 4.79 Å². The van der Waals surface area contributed by atoms with Gasteiger partial charge in [0.1, 0.15) is 17.8 Å². The van der Waals surface area contributed by atoms with Gasteiger partial charge in [-0.05, 0) is 30.4 Å². The predicted octanol–water partition coefficient (Wildman–Crippen LogP) is 2.42. The van der Waals surface area contributed by atoms with Crippen molar-refractivity contribution in [2.45, 2.75) is 32.0 Å². The predicted molar refractivity (Wildman–Crippen MR) is 108 cm³/mol. The van der Waals surface area contributed by atoms with Crippen molar-refractivity contribution in [2.24, 2.45) is 5.92 Å². The first kappa shape index (κ1) is 18.0. The van der Waals surface area contributed by atoms with Crippen LogP contribution in [0.3, 0.4) is 0 Å². The first-order valence-electron chi connectivity index (χ1n) is 10.2. The Morgan fingerprint density at radius 3 is 2.76 bits per heavy atom. The molecule has 1 atom stereocenters. The fraction of sp³-hybridized carbons (Fsp3) is 0.364. The van der Waals surface area contributed by atoms with Crippen LogP contribution < -0.4 is 5.32 Å². The fourth-order valence-corrected chi connectivity index (χ4v) is 3.97. The van der Waals surface area contributed by atoms with E-state index in [-0.39, 0.29) is 11.9 Å². The second kappa shape index (κ2) is 7.75. The maximum absolute atomic E-state index is 12.7. The van der Waals surface area contributed by atoms with Crippen molar-refractivity contribution in [2.75, 3.05) is 13.1 Å². The summed E-state index contributed by atoms with van der Waals surface area (Å²) in [6, 6.07) is 12.4. The van der Waals surface area contributed by atoms with E-state index in [0.717, 1.165) is 37.1 Å². The monoisotopic (exact) mass is 388 g/mol. The Bertz CT molecular complexity index is 983. The number of amides is 1. The molecule has 1 aliphatic heterocycles. The lowest BCUT2D eigenvalue weighted by molar-refractivity contribution is 0.0945. The number of hydrogen-bond acceptors (Lipinski definition) is 5. The van der Waals surface area contributed by atoms with Crippen LogP contribution in [-0.4, -0.2) is 43.4 Å².